The minimum atomic E-state index is -0.626. The van der Waals surface area contributed by atoms with Crippen molar-refractivity contribution in [2.24, 2.45) is 0 Å². The number of benzene rings is 4. The van der Waals surface area contributed by atoms with Crippen LogP contribution in [-0.2, 0) is 28.3 Å². The van der Waals surface area contributed by atoms with Gasteiger partial charge in [-0.3, -0.25) is 10.1 Å². The highest BCUT2D eigenvalue weighted by Crippen LogP contribution is 2.45. The van der Waals surface area contributed by atoms with E-state index < -0.39 is 24.5 Å². The summed E-state index contributed by atoms with van der Waals surface area (Å²) in [6.45, 7) is 1.82. The molecule has 12 heteroatoms. The summed E-state index contributed by atoms with van der Waals surface area (Å²) in [5.41, 5.74) is 5.51. The van der Waals surface area contributed by atoms with Crippen molar-refractivity contribution in [3.05, 3.63) is 82.9 Å². The first kappa shape index (κ1) is 38.7. The van der Waals surface area contributed by atoms with Gasteiger partial charge in [-0.1, -0.05) is 51.9 Å². The third kappa shape index (κ3) is 9.89. The molecular weight excluding hydrogens is 689 g/mol. The molecule has 0 saturated carbocycles. The van der Waals surface area contributed by atoms with E-state index >= 15 is 0 Å². The molecule has 0 aliphatic carbocycles. The number of anilines is 1. The number of nitrogens with one attached hydrogen (secondary N) is 2. The largest absolute Gasteiger partial charge is 0.508 e. The van der Waals surface area contributed by atoms with Gasteiger partial charge in [0.05, 0.1) is 32.0 Å². The number of methoxy groups -OCH3 is 1. The lowest BCUT2D eigenvalue weighted by molar-refractivity contribution is -0.124. The van der Waals surface area contributed by atoms with Gasteiger partial charge >= 0.3 is 0 Å². The molecule has 4 atom stereocenters. The second-order valence-electron chi connectivity index (χ2n) is 12.9. The Kier molecular flexibility index (Phi) is 13.9. The average molecular weight is 737 g/mol. The zero-order valence-corrected chi connectivity index (χ0v) is 30.9. The highest BCUT2D eigenvalue weighted by molar-refractivity contribution is 8.76. The first-order valence-corrected chi connectivity index (χ1v) is 19.7. The Bertz CT molecular complexity index is 1800. The van der Waals surface area contributed by atoms with Crippen LogP contribution in [0.4, 0.5) is 5.69 Å². The number of rotatable bonds is 9. The summed E-state index contributed by atoms with van der Waals surface area (Å²) in [4.78, 5) is 13.7. The Hall–Kier alpha value is -3.49. The Balaban J connectivity index is 1.45. The Morgan fingerprint density at radius 3 is 2.55 bits per heavy atom. The van der Waals surface area contributed by atoms with E-state index in [0.717, 1.165) is 38.7 Å². The molecule has 0 saturated heterocycles. The van der Waals surface area contributed by atoms with Crippen molar-refractivity contribution in [3.63, 3.8) is 0 Å². The minimum Gasteiger partial charge on any atom is -0.508 e. The number of ether oxygens (including phenoxy) is 2. The average Bonchev–Trinajstić information content (AvgIpc) is 3.12. The number of fused-ring (bicyclic) bond motifs is 5. The van der Waals surface area contributed by atoms with Gasteiger partial charge in [-0.05, 0) is 96.6 Å². The van der Waals surface area contributed by atoms with Gasteiger partial charge in [0.2, 0.25) is 0 Å². The molecule has 51 heavy (non-hydrogen) atoms. The Labute approximate surface area is 307 Å². The number of hydrogen-bond donors (Lipinski definition) is 7. The van der Waals surface area contributed by atoms with Crippen LogP contribution in [0.15, 0.2) is 60.7 Å². The summed E-state index contributed by atoms with van der Waals surface area (Å²) in [6, 6.07) is 18.3. The van der Waals surface area contributed by atoms with Gasteiger partial charge in [0, 0.05) is 47.7 Å². The number of aryl methyl sites for hydroxylation is 1. The molecule has 10 nitrogen and oxygen atoms in total. The maximum Gasteiger partial charge on any atom is 0.168 e. The van der Waals surface area contributed by atoms with Crippen LogP contribution < -0.4 is 15.4 Å². The summed E-state index contributed by atoms with van der Waals surface area (Å²) < 4.78 is 12.3. The van der Waals surface area contributed by atoms with E-state index in [1.807, 2.05) is 42.5 Å². The number of Topliss-reactive ketones (excluding diaryl/α,β-unsaturated/α-hetero) is 1. The lowest BCUT2D eigenvalue weighted by Crippen LogP contribution is -2.29. The van der Waals surface area contributed by atoms with Crippen molar-refractivity contribution in [2.45, 2.75) is 75.9 Å². The molecule has 7 N–H and O–H groups in total. The molecule has 4 aromatic rings. The van der Waals surface area contributed by atoms with Gasteiger partial charge in [0.25, 0.3) is 0 Å². The van der Waals surface area contributed by atoms with Crippen LogP contribution >= 0.6 is 21.6 Å². The number of carbonyl (C=O) groups excluding carboxylic acids is 1. The van der Waals surface area contributed by atoms with Crippen molar-refractivity contribution in [3.8, 4) is 28.4 Å². The number of ketones is 1. The molecule has 0 unspecified atom stereocenters. The summed E-state index contributed by atoms with van der Waals surface area (Å²) in [5.74, 6) is 1.49. The van der Waals surface area contributed by atoms with E-state index in [9.17, 15) is 30.3 Å². The molecular formula is C39H48N2O8S2. The fraction of sp³-hybridized carbons (Fsp3) is 0.410. The summed E-state index contributed by atoms with van der Waals surface area (Å²) in [5, 5.41) is 60.2. The highest BCUT2D eigenvalue weighted by Gasteiger charge is 2.25. The van der Waals surface area contributed by atoms with Crippen molar-refractivity contribution in [1.82, 2.24) is 5.32 Å². The summed E-state index contributed by atoms with van der Waals surface area (Å²) >= 11 is 0. The molecule has 1 heterocycles. The number of aromatic hydroxyl groups is 2. The van der Waals surface area contributed by atoms with Crippen LogP contribution in [0.2, 0.25) is 0 Å². The molecule has 1 aliphatic heterocycles. The number of aliphatic hydroxyl groups excluding tert-OH is 3. The standard InChI is InChI=1S/C39H48N2O8S2/c1-23(43)19-41-35-14-7-26(16-27(35)20-42)39(40-2)49-31-12-11-30(46)21-50-51-22-34-32(13-6-24-4-9-29(45)18-33(24)34)37-25(5-10-28(44)17-31)8-15-36(47)38(37)48-3/h4,6-9,13-16,18,23,30-31,39-43,45-47H,5,10-12,17,19-22H2,1-3H3/t23-,30-,31-,39+/m0/s1. The second-order valence-corrected chi connectivity index (χ2v) is 15.4. The van der Waals surface area contributed by atoms with Gasteiger partial charge in [0.1, 0.15) is 17.8 Å². The topological polar surface area (TPSA) is 161 Å². The predicted molar refractivity (Wildman–Crippen MR) is 205 cm³/mol. The lowest BCUT2D eigenvalue weighted by atomic mass is 9.89. The predicted octanol–water partition coefficient (Wildman–Crippen LogP) is 6.44. The van der Waals surface area contributed by atoms with Gasteiger partial charge in [-0.15, -0.1) is 0 Å². The lowest BCUT2D eigenvalue weighted by Gasteiger charge is -2.26. The van der Waals surface area contributed by atoms with Crippen molar-refractivity contribution >= 4 is 43.8 Å². The third-order valence-electron chi connectivity index (χ3n) is 9.09. The smallest absolute Gasteiger partial charge is 0.168 e. The molecule has 274 valence electrons. The van der Waals surface area contributed by atoms with E-state index in [0.29, 0.717) is 54.2 Å². The third-order valence-corrected chi connectivity index (χ3v) is 11.4. The summed E-state index contributed by atoms with van der Waals surface area (Å²) in [6.07, 6.45) is -0.582. The molecule has 0 bridgehead atoms. The maximum atomic E-state index is 13.7. The monoisotopic (exact) mass is 736 g/mol. The quantitative estimate of drug-likeness (QED) is 0.0745. The van der Waals surface area contributed by atoms with E-state index in [4.69, 9.17) is 9.47 Å². The second kappa shape index (κ2) is 18.3. The van der Waals surface area contributed by atoms with Gasteiger partial charge < -0.3 is 40.3 Å². The van der Waals surface area contributed by atoms with Crippen molar-refractivity contribution in [1.29, 1.82) is 0 Å². The zero-order valence-electron chi connectivity index (χ0n) is 29.2. The summed E-state index contributed by atoms with van der Waals surface area (Å²) in [7, 11) is 6.45. The van der Waals surface area contributed by atoms with Gasteiger partial charge in [0.15, 0.2) is 11.5 Å². The fourth-order valence-corrected chi connectivity index (χ4v) is 8.76. The van der Waals surface area contributed by atoms with Crippen LogP contribution in [0.3, 0.4) is 0 Å². The molecule has 0 aromatic heterocycles. The molecule has 0 fully saturated rings. The van der Waals surface area contributed by atoms with E-state index in [2.05, 4.69) is 10.6 Å². The van der Waals surface area contributed by atoms with Crippen LogP contribution in [0, 0.1) is 0 Å². The number of phenolic OH excluding ortho intramolecular Hbond substituents is 2. The molecule has 1 aliphatic rings. The Morgan fingerprint density at radius 2 is 1.80 bits per heavy atom. The SMILES string of the molecule is CN[C@H](O[C@H]1CC[C@H](O)CSSCc2c(ccc3ccc(O)cc23)-c2c(ccc(O)c2OC)CCC(=O)C1)c1ccc(NC[C@H](C)O)c(CO)c1. The molecule has 5 rings (SSSR count). The maximum absolute atomic E-state index is 13.7. The molecule has 0 amide bonds. The van der Waals surface area contributed by atoms with Gasteiger partial charge in [-0.25, -0.2) is 0 Å². The Morgan fingerprint density at radius 1 is 1.00 bits per heavy atom. The number of hydrogen-bond acceptors (Lipinski definition) is 12. The first-order valence-electron chi connectivity index (χ1n) is 17.2. The number of phenols is 2. The van der Waals surface area contributed by atoms with E-state index in [1.54, 1.807) is 53.8 Å². The minimum absolute atomic E-state index is 0.00302. The van der Waals surface area contributed by atoms with E-state index in [1.165, 1.54) is 7.11 Å². The zero-order chi connectivity index (χ0) is 36.5. The van der Waals surface area contributed by atoms with Gasteiger partial charge in [-0.2, -0.15) is 0 Å². The van der Waals surface area contributed by atoms with Crippen LogP contribution in [0.5, 0.6) is 17.2 Å². The van der Waals surface area contributed by atoms with Crippen LogP contribution in [-0.4, -0.2) is 76.1 Å². The van der Waals surface area contributed by atoms with Crippen molar-refractivity contribution < 1.29 is 39.8 Å². The number of carbonyl (C=O) groups is 1. The first-order chi connectivity index (χ1) is 24.6. The van der Waals surface area contributed by atoms with Crippen LogP contribution in [0.1, 0.15) is 61.1 Å². The number of aliphatic hydroxyl groups is 3. The molecule has 0 spiro atoms. The van der Waals surface area contributed by atoms with Crippen molar-refractivity contribution in [2.75, 3.05) is 31.8 Å². The van der Waals surface area contributed by atoms with E-state index in [-0.39, 0.29) is 36.7 Å². The van der Waals surface area contributed by atoms with Crippen LogP contribution in [0.25, 0.3) is 21.9 Å². The molecule has 4 aromatic carbocycles. The fourth-order valence-electron chi connectivity index (χ4n) is 6.46. The highest BCUT2D eigenvalue weighted by atomic mass is 33.1. The normalized spacial score (nSPS) is 18.8. The molecule has 0 radical (unpaired) electrons.